The van der Waals surface area contributed by atoms with E-state index in [1.165, 1.54) is 7.11 Å². The van der Waals surface area contributed by atoms with Crippen molar-refractivity contribution < 1.29 is 24.5 Å². The van der Waals surface area contributed by atoms with E-state index in [0.29, 0.717) is 11.3 Å². The van der Waals surface area contributed by atoms with Crippen LogP contribution in [0.25, 0.3) is 0 Å². The summed E-state index contributed by atoms with van der Waals surface area (Å²) in [5, 5.41) is 23.1. The molecule has 140 valence electrons. The fourth-order valence-corrected chi connectivity index (χ4v) is 2.55. The van der Waals surface area contributed by atoms with Gasteiger partial charge in [-0.2, -0.15) is 0 Å². The number of benzene rings is 2. The van der Waals surface area contributed by atoms with Crippen molar-refractivity contribution in [2.45, 2.75) is 32.2 Å². The second kappa shape index (κ2) is 9.79. The van der Waals surface area contributed by atoms with Gasteiger partial charge in [-0.15, -0.1) is 0 Å². The van der Waals surface area contributed by atoms with E-state index >= 15 is 0 Å². The number of carbonyl (C=O) groups is 1. The molecule has 2 unspecified atom stereocenters. The van der Waals surface area contributed by atoms with Crippen LogP contribution in [-0.2, 0) is 11.3 Å². The number of carbonyl (C=O) groups excluding carboxylic acids is 1. The number of aliphatic hydroxyl groups is 2. The number of alkyl carbamates (subject to hydrolysis) is 1. The lowest BCUT2D eigenvalue weighted by molar-refractivity contribution is 0.0123. The SMILES string of the molecule is COc1ccc(C)cc1C(O)C(O)CCNC(=O)OCc1ccccc1. The van der Waals surface area contributed by atoms with Crippen molar-refractivity contribution in [1.29, 1.82) is 0 Å². The van der Waals surface area contributed by atoms with E-state index in [1.807, 2.05) is 43.3 Å². The van der Waals surface area contributed by atoms with Crippen LogP contribution in [0.3, 0.4) is 0 Å². The Kier molecular flexibility index (Phi) is 7.44. The van der Waals surface area contributed by atoms with Crippen LogP contribution in [0, 0.1) is 6.92 Å². The molecule has 1 amide bonds. The van der Waals surface area contributed by atoms with Gasteiger partial charge in [0.2, 0.25) is 0 Å². The molecule has 0 aliphatic rings. The first kappa shape index (κ1) is 19.8. The molecule has 0 saturated heterocycles. The highest BCUT2D eigenvalue weighted by Gasteiger charge is 2.22. The predicted molar refractivity (Wildman–Crippen MR) is 97.9 cm³/mol. The van der Waals surface area contributed by atoms with Crippen LogP contribution >= 0.6 is 0 Å². The highest BCUT2D eigenvalue weighted by Crippen LogP contribution is 2.29. The van der Waals surface area contributed by atoms with Crippen molar-refractivity contribution >= 4 is 6.09 Å². The van der Waals surface area contributed by atoms with E-state index in [1.54, 1.807) is 12.1 Å². The quantitative estimate of drug-likeness (QED) is 0.674. The Morgan fingerprint density at radius 1 is 1.15 bits per heavy atom. The highest BCUT2D eigenvalue weighted by atomic mass is 16.5. The minimum atomic E-state index is -1.10. The van der Waals surface area contributed by atoms with Gasteiger partial charge in [0, 0.05) is 12.1 Å². The molecular weight excluding hydrogens is 334 g/mol. The summed E-state index contributed by atoms with van der Waals surface area (Å²) in [6.45, 7) is 2.25. The van der Waals surface area contributed by atoms with Gasteiger partial charge in [0.15, 0.2) is 0 Å². The lowest BCUT2D eigenvalue weighted by Gasteiger charge is -2.21. The Morgan fingerprint density at radius 3 is 2.58 bits per heavy atom. The molecule has 0 saturated carbocycles. The summed E-state index contributed by atoms with van der Waals surface area (Å²) < 4.78 is 10.3. The first-order chi connectivity index (χ1) is 12.5. The summed E-state index contributed by atoms with van der Waals surface area (Å²) in [4.78, 5) is 11.7. The summed E-state index contributed by atoms with van der Waals surface area (Å²) in [7, 11) is 1.51. The zero-order valence-corrected chi connectivity index (χ0v) is 15.0. The van der Waals surface area contributed by atoms with Crippen LogP contribution in [0.1, 0.15) is 29.2 Å². The number of rotatable bonds is 8. The Morgan fingerprint density at radius 2 is 1.88 bits per heavy atom. The topological polar surface area (TPSA) is 88.0 Å². The zero-order valence-electron chi connectivity index (χ0n) is 15.0. The van der Waals surface area contributed by atoms with Crippen LogP contribution in [0.4, 0.5) is 4.79 Å². The van der Waals surface area contributed by atoms with Gasteiger partial charge in [0.25, 0.3) is 0 Å². The van der Waals surface area contributed by atoms with Crippen LogP contribution in [0.5, 0.6) is 5.75 Å². The number of amides is 1. The van der Waals surface area contributed by atoms with E-state index in [0.717, 1.165) is 11.1 Å². The number of aryl methyl sites for hydroxylation is 1. The maximum Gasteiger partial charge on any atom is 0.407 e. The summed E-state index contributed by atoms with van der Waals surface area (Å²) in [5.74, 6) is 0.511. The number of hydrogen-bond acceptors (Lipinski definition) is 5. The summed E-state index contributed by atoms with van der Waals surface area (Å²) in [5.41, 5.74) is 2.37. The van der Waals surface area contributed by atoms with E-state index in [4.69, 9.17) is 9.47 Å². The first-order valence-corrected chi connectivity index (χ1v) is 8.46. The molecule has 0 heterocycles. The molecule has 0 aliphatic carbocycles. The second-order valence-electron chi connectivity index (χ2n) is 6.03. The number of nitrogens with one attached hydrogen (secondary N) is 1. The third kappa shape index (κ3) is 5.75. The monoisotopic (exact) mass is 359 g/mol. The molecule has 0 spiro atoms. The van der Waals surface area contributed by atoms with Crippen LogP contribution < -0.4 is 10.1 Å². The Balaban J connectivity index is 1.78. The fraction of sp³-hybridized carbons (Fsp3) is 0.350. The Labute approximate surface area is 153 Å². The van der Waals surface area contributed by atoms with Crippen molar-refractivity contribution in [3.8, 4) is 5.75 Å². The lowest BCUT2D eigenvalue weighted by atomic mass is 9.99. The molecule has 26 heavy (non-hydrogen) atoms. The number of ether oxygens (including phenoxy) is 2. The maximum absolute atomic E-state index is 11.7. The van der Waals surface area contributed by atoms with Gasteiger partial charge in [-0.25, -0.2) is 4.79 Å². The molecule has 0 aliphatic heterocycles. The van der Waals surface area contributed by atoms with Gasteiger partial charge in [-0.05, 0) is 31.0 Å². The van der Waals surface area contributed by atoms with Crippen molar-refractivity contribution in [3.05, 3.63) is 65.2 Å². The van der Waals surface area contributed by atoms with E-state index in [-0.39, 0.29) is 19.6 Å². The Hall–Kier alpha value is -2.57. The molecule has 0 radical (unpaired) electrons. The molecule has 2 rings (SSSR count). The molecule has 2 aromatic rings. The van der Waals surface area contributed by atoms with Crippen molar-refractivity contribution in [2.24, 2.45) is 0 Å². The number of methoxy groups -OCH3 is 1. The molecule has 0 aromatic heterocycles. The standard InChI is InChI=1S/C20H25NO5/c1-14-8-9-18(25-2)16(12-14)19(23)17(22)10-11-21-20(24)26-13-15-6-4-3-5-7-15/h3-9,12,17,19,22-23H,10-11,13H2,1-2H3,(H,21,24). The van der Waals surface area contributed by atoms with Crippen LogP contribution in [-0.4, -0.2) is 36.1 Å². The smallest absolute Gasteiger partial charge is 0.407 e. The van der Waals surface area contributed by atoms with Crippen molar-refractivity contribution in [3.63, 3.8) is 0 Å². The summed E-state index contributed by atoms with van der Waals surface area (Å²) in [6.07, 6.45) is -2.53. The molecule has 0 fully saturated rings. The highest BCUT2D eigenvalue weighted by molar-refractivity contribution is 5.67. The molecule has 0 bridgehead atoms. The minimum absolute atomic E-state index is 0.179. The largest absolute Gasteiger partial charge is 0.496 e. The summed E-state index contributed by atoms with van der Waals surface area (Å²) >= 11 is 0. The minimum Gasteiger partial charge on any atom is -0.496 e. The van der Waals surface area contributed by atoms with Gasteiger partial charge >= 0.3 is 6.09 Å². The van der Waals surface area contributed by atoms with Crippen LogP contribution in [0.2, 0.25) is 0 Å². The zero-order chi connectivity index (χ0) is 18.9. The maximum atomic E-state index is 11.7. The van der Waals surface area contributed by atoms with Gasteiger partial charge in [-0.3, -0.25) is 0 Å². The predicted octanol–water partition coefficient (Wildman–Crippen LogP) is 2.71. The molecule has 3 N–H and O–H groups in total. The summed E-state index contributed by atoms with van der Waals surface area (Å²) in [6, 6.07) is 14.7. The molecular formula is C20H25NO5. The van der Waals surface area contributed by atoms with Gasteiger partial charge in [-0.1, -0.05) is 42.0 Å². The van der Waals surface area contributed by atoms with Gasteiger partial charge in [0.1, 0.15) is 18.5 Å². The third-order valence-electron chi connectivity index (χ3n) is 3.99. The van der Waals surface area contributed by atoms with E-state index in [2.05, 4.69) is 5.32 Å². The molecule has 6 nitrogen and oxygen atoms in total. The van der Waals surface area contributed by atoms with Gasteiger partial charge < -0.3 is 25.0 Å². The third-order valence-corrected chi connectivity index (χ3v) is 3.99. The first-order valence-electron chi connectivity index (χ1n) is 8.46. The molecule has 2 atom stereocenters. The Bertz CT molecular complexity index is 705. The molecule has 6 heteroatoms. The van der Waals surface area contributed by atoms with Crippen molar-refractivity contribution in [2.75, 3.05) is 13.7 Å². The molecule has 2 aromatic carbocycles. The van der Waals surface area contributed by atoms with Crippen LogP contribution in [0.15, 0.2) is 48.5 Å². The average Bonchev–Trinajstić information content (AvgIpc) is 2.66. The van der Waals surface area contributed by atoms with E-state index in [9.17, 15) is 15.0 Å². The van der Waals surface area contributed by atoms with E-state index < -0.39 is 18.3 Å². The second-order valence-corrected chi connectivity index (χ2v) is 6.03. The normalized spacial score (nSPS) is 12.9. The number of hydrogen-bond donors (Lipinski definition) is 3. The average molecular weight is 359 g/mol. The lowest BCUT2D eigenvalue weighted by Crippen LogP contribution is -2.30. The number of aliphatic hydroxyl groups excluding tert-OH is 2. The van der Waals surface area contributed by atoms with Crippen molar-refractivity contribution in [1.82, 2.24) is 5.32 Å². The fourth-order valence-electron chi connectivity index (χ4n) is 2.55. The van der Waals surface area contributed by atoms with Gasteiger partial charge in [0.05, 0.1) is 13.2 Å².